The zero-order valence-electron chi connectivity index (χ0n) is 10.3. The summed E-state index contributed by atoms with van der Waals surface area (Å²) in [4.78, 5) is 0. The van der Waals surface area contributed by atoms with Crippen molar-refractivity contribution in [3.8, 4) is 0 Å². The third-order valence-corrected chi connectivity index (χ3v) is 3.44. The highest BCUT2D eigenvalue weighted by atomic mass is 127. The molecule has 2 nitrogen and oxygen atoms in total. The number of anilines is 1. The Morgan fingerprint density at radius 2 is 1.72 bits per heavy atom. The molecule has 94 valence electrons. The number of methoxy groups -OCH3 is 1. The topological polar surface area (TPSA) is 21.3 Å². The molecule has 0 aromatic heterocycles. The smallest absolute Gasteiger partial charge is 0.0747 e. The molecule has 2 rings (SSSR count). The number of nitrogens with one attached hydrogen (secondary N) is 1. The first-order chi connectivity index (χ1) is 8.79. The SMILES string of the molecule is COCC(Nc1ccc(I)cc1)c1ccccc1. The van der Waals surface area contributed by atoms with Crippen molar-refractivity contribution in [2.45, 2.75) is 6.04 Å². The molecule has 0 bridgehead atoms. The summed E-state index contributed by atoms with van der Waals surface area (Å²) in [5, 5.41) is 3.50. The van der Waals surface area contributed by atoms with Gasteiger partial charge in [0.05, 0.1) is 12.6 Å². The lowest BCUT2D eigenvalue weighted by atomic mass is 10.1. The Kier molecular flexibility index (Phi) is 5.01. The van der Waals surface area contributed by atoms with E-state index < -0.39 is 0 Å². The maximum absolute atomic E-state index is 5.29. The second-order valence-corrected chi connectivity index (χ2v) is 5.32. The quantitative estimate of drug-likeness (QED) is 0.818. The van der Waals surface area contributed by atoms with Crippen molar-refractivity contribution in [1.29, 1.82) is 0 Å². The van der Waals surface area contributed by atoms with Crippen molar-refractivity contribution in [3.63, 3.8) is 0 Å². The van der Waals surface area contributed by atoms with Gasteiger partial charge in [0.1, 0.15) is 0 Å². The minimum atomic E-state index is 0.177. The fourth-order valence-corrected chi connectivity index (χ4v) is 2.18. The summed E-state index contributed by atoms with van der Waals surface area (Å²) in [5.41, 5.74) is 2.35. The molecule has 0 spiro atoms. The van der Waals surface area contributed by atoms with E-state index in [4.69, 9.17) is 4.74 Å². The second-order valence-electron chi connectivity index (χ2n) is 4.07. The van der Waals surface area contributed by atoms with Crippen LogP contribution >= 0.6 is 22.6 Å². The summed E-state index contributed by atoms with van der Waals surface area (Å²) in [7, 11) is 1.73. The fraction of sp³-hybridized carbons (Fsp3) is 0.200. The molecule has 1 atom stereocenters. The number of halogens is 1. The van der Waals surface area contributed by atoms with E-state index in [2.05, 4.69) is 64.3 Å². The number of hydrogen-bond acceptors (Lipinski definition) is 2. The summed E-state index contributed by atoms with van der Waals surface area (Å²) in [6, 6.07) is 18.9. The monoisotopic (exact) mass is 353 g/mol. The van der Waals surface area contributed by atoms with E-state index in [1.165, 1.54) is 9.13 Å². The van der Waals surface area contributed by atoms with Gasteiger partial charge in [-0.2, -0.15) is 0 Å². The van der Waals surface area contributed by atoms with Crippen molar-refractivity contribution in [1.82, 2.24) is 0 Å². The zero-order chi connectivity index (χ0) is 12.8. The molecule has 18 heavy (non-hydrogen) atoms. The Morgan fingerprint density at radius 3 is 2.33 bits per heavy atom. The lowest BCUT2D eigenvalue weighted by Crippen LogP contribution is -2.16. The van der Waals surface area contributed by atoms with Gasteiger partial charge in [0.2, 0.25) is 0 Å². The third kappa shape index (κ3) is 3.71. The Balaban J connectivity index is 2.14. The molecular weight excluding hydrogens is 337 g/mol. The van der Waals surface area contributed by atoms with Gasteiger partial charge in [-0.25, -0.2) is 0 Å². The first-order valence-corrected chi connectivity index (χ1v) is 6.93. The Hall–Kier alpha value is -1.07. The van der Waals surface area contributed by atoms with E-state index in [-0.39, 0.29) is 6.04 Å². The molecule has 0 aliphatic heterocycles. The standard InChI is InChI=1S/C15H16INO/c1-18-11-15(12-5-3-2-4-6-12)17-14-9-7-13(16)8-10-14/h2-10,15,17H,11H2,1H3. The molecule has 0 saturated carbocycles. The fourth-order valence-electron chi connectivity index (χ4n) is 1.82. The highest BCUT2D eigenvalue weighted by Crippen LogP contribution is 2.20. The van der Waals surface area contributed by atoms with Crippen LogP contribution in [0.25, 0.3) is 0 Å². The second kappa shape index (κ2) is 6.75. The van der Waals surface area contributed by atoms with E-state index in [0.717, 1.165) is 5.69 Å². The Bertz CT molecular complexity index is 470. The van der Waals surface area contributed by atoms with Gasteiger partial charge in [0, 0.05) is 16.4 Å². The van der Waals surface area contributed by atoms with Gasteiger partial charge in [-0.1, -0.05) is 30.3 Å². The first kappa shape index (κ1) is 13.4. The molecule has 0 aliphatic rings. The van der Waals surface area contributed by atoms with Gasteiger partial charge in [-0.3, -0.25) is 0 Å². The van der Waals surface area contributed by atoms with Crippen LogP contribution in [0, 0.1) is 3.57 Å². The summed E-state index contributed by atoms with van der Waals surface area (Å²) in [5.74, 6) is 0. The van der Waals surface area contributed by atoms with Crippen LogP contribution in [0.3, 0.4) is 0 Å². The number of rotatable bonds is 5. The van der Waals surface area contributed by atoms with Crippen LogP contribution in [0.1, 0.15) is 11.6 Å². The summed E-state index contributed by atoms with van der Waals surface area (Å²) in [6.45, 7) is 0.649. The average Bonchev–Trinajstić information content (AvgIpc) is 2.42. The number of hydrogen-bond donors (Lipinski definition) is 1. The predicted octanol–water partition coefficient (Wildman–Crippen LogP) is 4.09. The van der Waals surface area contributed by atoms with Crippen molar-refractivity contribution >= 4 is 28.3 Å². The van der Waals surface area contributed by atoms with Gasteiger partial charge in [0.25, 0.3) is 0 Å². The maximum atomic E-state index is 5.29. The number of ether oxygens (including phenoxy) is 1. The van der Waals surface area contributed by atoms with Crippen LogP contribution in [-0.2, 0) is 4.74 Å². The summed E-state index contributed by atoms with van der Waals surface area (Å²) in [6.07, 6.45) is 0. The highest BCUT2D eigenvalue weighted by molar-refractivity contribution is 14.1. The van der Waals surface area contributed by atoms with Crippen molar-refractivity contribution < 1.29 is 4.74 Å². The van der Waals surface area contributed by atoms with Gasteiger partial charge >= 0.3 is 0 Å². The largest absolute Gasteiger partial charge is 0.382 e. The van der Waals surface area contributed by atoms with Crippen molar-refractivity contribution in [3.05, 3.63) is 63.7 Å². The molecular formula is C15H16INO. The zero-order valence-corrected chi connectivity index (χ0v) is 12.4. The summed E-state index contributed by atoms with van der Waals surface area (Å²) < 4.78 is 6.53. The molecule has 2 aromatic rings. The molecule has 0 amide bonds. The minimum absolute atomic E-state index is 0.177. The van der Waals surface area contributed by atoms with E-state index >= 15 is 0 Å². The van der Waals surface area contributed by atoms with Crippen LogP contribution < -0.4 is 5.32 Å². The maximum Gasteiger partial charge on any atom is 0.0747 e. The van der Waals surface area contributed by atoms with E-state index in [1.54, 1.807) is 7.11 Å². The van der Waals surface area contributed by atoms with Crippen molar-refractivity contribution in [2.24, 2.45) is 0 Å². The first-order valence-electron chi connectivity index (χ1n) is 5.85. The molecule has 0 fully saturated rings. The number of benzene rings is 2. The molecule has 3 heteroatoms. The Morgan fingerprint density at radius 1 is 1.06 bits per heavy atom. The molecule has 0 radical (unpaired) electrons. The minimum Gasteiger partial charge on any atom is -0.382 e. The van der Waals surface area contributed by atoms with Gasteiger partial charge in [-0.15, -0.1) is 0 Å². The van der Waals surface area contributed by atoms with Crippen LogP contribution in [0.15, 0.2) is 54.6 Å². The molecule has 2 aromatic carbocycles. The molecule has 0 aliphatic carbocycles. The van der Waals surface area contributed by atoms with E-state index in [9.17, 15) is 0 Å². The van der Waals surface area contributed by atoms with Crippen LogP contribution in [0.5, 0.6) is 0 Å². The van der Waals surface area contributed by atoms with Crippen LogP contribution in [-0.4, -0.2) is 13.7 Å². The molecule has 0 heterocycles. The molecule has 1 unspecified atom stereocenters. The predicted molar refractivity (Wildman–Crippen MR) is 83.8 cm³/mol. The molecule has 0 saturated heterocycles. The highest BCUT2D eigenvalue weighted by Gasteiger charge is 2.10. The molecule has 1 N–H and O–H groups in total. The lowest BCUT2D eigenvalue weighted by molar-refractivity contribution is 0.186. The Labute approximate surface area is 122 Å². The van der Waals surface area contributed by atoms with E-state index in [1.807, 2.05) is 18.2 Å². The summed E-state index contributed by atoms with van der Waals surface area (Å²) >= 11 is 2.31. The van der Waals surface area contributed by atoms with Gasteiger partial charge < -0.3 is 10.1 Å². The van der Waals surface area contributed by atoms with Crippen LogP contribution in [0.4, 0.5) is 5.69 Å². The average molecular weight is 353 g/mol. The van der Waals surface area contributed by atoms with E-state index in [0.29, 0.717) is 6.61 Å². The normalized spacial score (nSPS) is 12.1. The van der Waals surface area contributed by atoms with Crippen LogP contribution in [0.2, 0.25) is 0 Å². The van der Waals surface area contributed by atoms with Gasteiger partial charge in [0.15, 0.2) is 0 Å². The van der Waals surface area contributed by atoms with Gasteiger partial charge in [-0.05, 0) is 52.4 Å². The lowest BCUT2D eigenvalue weighted by Gasteiger charge is -2.19. The third-order valence-electron chi connectivity index (χ3n) is 2.72. The van der Waals surface area contributed by atoms with Crippen molar-refractivity contribution in [2.75, 3.05) is 19.0 Å².